The number of sulfonamides is 1. The molecule has 9 nitrogen and oxygen atoms in total. The van der Waals surface area contributed by atoms with Crippen LogP contribution >= 0.6 is 0 Å². The number of fused-ring (bicyclic) bond motifs is 1. The van der Waals surface area contributed by atoms with Gasteiger partial charge in [-0.2, -0.15) is 0 Å². The van der Waals surface area contributed by atoms with Crippen LogP contribution in [0.25, 0.3) is 0 Å². The number of halogens is 1. The van der Waals surface area contributed by atoms with Crippen LogP contribution in [0.5, 0.6) is 11.5 Å². The number of hydrogen-bond donors (Lipinski definition) is 1. The Morgan fingerprint density at radius 3 is 2.50 bits per heavy atom. The lowest BCUT2D eigenvalue weighted by Gasteiger charge is -2.36. The summed E-state index contributed by atoms with van der Waals surface area (Å²) in [4.78, 5) is 17.4. The number of hydrogen-bond acceptors (Lipinski definition) is 7. The average Bonchev–Trinajstić information content (AvgIpc) is 2.98. The first-order chi connectivity index (χ1) is 20.0. The van der Waals surface area contributed by atoms with Crippen molar-refractivity contribution in [1.29, 1.82) is 0 Å². The van der Waals surface area contributed by atoms with Crippen LogP contribution in [0.15, 0.2) is 71.6 Å². The number of anilines is 1. The van der Waals surface area contributed by atoms with Crippen molar-refractivity contribution in [3.8, 4) is 11.5 Å². The van der Waals surface area contributed by atoms with Gasteiger partial charge in [0.15, 0.2) is 0 Å². The molecule has 4 rings (SSSR count). The minimum Gasteiger partial charge on any atom is -0.497 e. The lowest BCUT2D eigenvalue weighted by Crippen LogP contribution is -2.46. The SMILES string of the molecule is COc1cccc(S(=O)(=O)Nc2ccc3c(c2)C(=O)N(C)C[C@H](OC)[C@H](C)CN(Cc2ccccc2F)[C@H](C)CO3)c1. The molecule has 0 saturated carbocycles. The number of ether oxygens (including phenoxy) is 3. The first-order valence-electron chi connectivity index (χ1n) is 13.7. The van der Waals surface area contributed by atoms with E-state index in [-0.39, 0.29) is 59.1 Å². The van der Waals surface area contributed by atoms with Gasteiger partial charge in [-0.15, -0.1) is 0 Å². The molecule has 1 aliphatic heterocycles. The van der Waals surface area contributed by atoms with E-state index in [1.807, 2.05) is 19.9 Å². The molecule has 1 aliphatic rings. The molecule has 0 aliphatic carbocycles. The summed E-state index contributed by atoms with van der Waals surface area (Å²) in [5.74, 6) is 0.113. The summed E-state index contributed by atoms with van der Waals surface area (Å²) in [5, 5.41) is 0. The topological polar surface area (TPSA) is 97.4 Å². The van der Waals surface area contributed by atoms with Crippen molar-refractivity contribution in [3.63, 3.8) is 0 Å². The van der Waals surface area contributed by atoms with E-state index in [0.29, 0.717) is 30.2 Å². The third kappa shape index (κ3) is 7.39. The van der Waals surface area contributed by atoms with Crippen molar-refractivity contribution >= 4 is 21.6 Å². The molecule has 0 unspecified atom stereocenters. The Balaban J connectivity index is 1.66. The Hall–Kier alpha value is -3.67. The van der Waals surface area contributed by atoms with Gasteiger partial charge in [0.25, 0.3) is 15.9 Å². The maximum Gasteiger partial charge on any atom is 0.262 e. The van der Waals surface area contributed by atoms with Gasteiger partial charge in [0.1, 0.15) is 23.9 Å². The van der Waals surface area contributed by atoms with Gasteiger partial charge < -0.3 is 19.1 Å². The smallest absolute Gasteiger partial charge is 0.262 e. The molecule has 1 N–H and O–H groups in total. The van der Waals surface area contributed by atoms with E-state index in [4.69, 9.17) is 14.2 Å². The van der Waals surface area contributed by atoms with E-state index in [1.165, 1.54) is 31.4 Å². The Bertz CT molecular complexity index is 1500. The summed E-state index contributed by atoms with van der Waals surface area (Å²) >= 11 is 0. The fraction of sp³-hybridized carbons (Fsp3) is 0.387. The summed E-state index contributed by atoms with van der Waals surface area (Å²) in [6.07, 6.45) is -0.298. The van der Waals surface area contributed by atoms with Crippen molar-refractivity contribution in [3.05, 3.63) is 83.7 Å². The van der Waals surface area contributed by atoms with Crippen molar-refractivity contribution in [1.82, 2.24) is 9.80 Å². The van der Waals surface area contributed by atoms with Crippen LogP contribution in [0.1, 0.15) is 29.8 Å². The van der Waals surface area contributed by atoms with Crippen molar-refractivity contribution in [2.75, 3.05) is 45.7 Å². The van der Waals surface area contributed by atoms with Crippen molar-refractivity contribution in [2.24, 2.45) is 5.92 Å². The summed E-state index contributed by atoms with van der Waals surface area (Å²) < 4.78 is 60.5. The summed E-state index contributed by atoms with van der Waals surface area (Å²) in [6, 6.07) is 17.3. The summed E-state index contributed by atoms with van der Waals surface area (Å²) in [6.45, 7) is 5.52. The van der Waals surface area contributed by atoms with E-state index in [9.17, 15) is 17.6 Å². The lowest BCUT2D eigenvalue weighted by atomic mass is 10.0. The second-order valence-corrected chi connectivity index (χ2v) is 12.3. The monoisotopic (exact) mass is 599 g/mol. The molecule has 11 heteroatoms. The highest BCUT2D eigenvalue weighted by Gasteiger charge is 2.29. The van der Waals surface area contributed by atoms with Gasteiger partial charge in [0.05, 0.1) is 23.7 Å². The van der Waals surface area contributed by atoms with Crippen LogP contribution in [-0.4, -0.2) is 77.2 Å². The Morgan fingerprint density at radius 2 is 1.79 bits per heavy atom. The van der Waals surface area contributed by atoms with Gasteiger partial charge >= 0.3 is 0 Å². The van der Waals surface area contributed by atoms with Crippen LogP contribution in [-0.2, 0) is 21.3 Å². The van der Waals surface area contributed by atoms with E-state index >= 15 is 0 Å². The predicted octanol–water partition coefficient (Wildman–Crippen LogP) is 4.64. The third-order valence-corrected chi connectivity index (χ3v) is 8.89. The number of amides is 1. The van der Waals surface area contributed by atoms with Crippen molar-refractivity contribution < 1.29 is 31.8 Å². The third-order valence-electron chi connectivity index (χ3n) is 7.51. The van der Waals surface area contributed by atoms with Crippen LogP contribution in [0.3, 0.4) is 0 Å². The molecule has 226 valence electrons. The molecule has 0 aromatic heterocycles. The molecular formula is C31H38FN3O6S. The molecule has 1 heterocycles. The lowest BCUT2D eigenvalue weighted by molar-refractivity contribution is 0.00904. The maximum atomic E-state index is 14.6. The zero-order valence-electron chi connectivity index (χ0n) is 24.5. The molecule has 0 radical (unpaired) electrons. The zero-order valence-corrected chi connectivity index (χ0v) is 25.4. The van der Waals surface area contributed by atoms with Crippen LogP contribution in [0, 0.1) is 11.7 Å². The number of carbonyl (C=O) groups excluding carboxylic acids is 1. The Kier molecular flexibility index (Phi) is 10.1. The van der Waals surface area contributed by atoms with Crippen LogP contribution in [0.2, 0.25) is 0 Å². The standard InChI is InChI=1S/C31H38FN3O6S/c1-21-17-35(18-23-9-6-7-12-28(23)32)22(2)20-41-29-14-13-24(15-27(29)31(36)34(3)19-30(21)40-5)33-42(37,38)26-11-8-10-25(16-26)39-4/h6-16,21-22,30,33H,17-20H2,1-5H3/t21-,22-,30+/m1/s1. The van der Waals surface area contributed by atoms with Gasteiger partial charge in [0.2, 0.25) is 0 Å². The second kappa shape index (κ2) is 13.5. The van der Waals surface area contributed by atoms with Crippen molar-refractivity contribution in [2.45, 2.75) is 37.4 Å². The van der Waals surface area contributed by atoms with Gasteiger partial charge in [-0.25, -0.2) is 12.8 Å². The molecule has 0 saturated heterocycles. The number of benzene rings is 3. The van der Waals surface area contributed by atoms with Gasteiger partial charge in [-0.3, -0.25) is 14.4 Å². The maximum absolute atomic E-state index is 14.6. The number of nitrogens with zero attached hydrogens (tertiary/aromatic N) is 2. The van der Waals surface area contributed by atoms with E-state index in [0.717, 1.165) is 0 Å². The summed E-state index contributed by atoms with van der Waals surface area (Å²) in [7, 11) is 0.772. The number of methoxy groups -OCH3 is 2. The van der Waals surface area contributed by atoms with E-state index in [1.54, 1.807) is 55.5 Å². The number of carbonyl (C=O) groups is 1. The van der Waals surface area contributed by atoms with E-state index < -0.39 is 10.0 Å². The molecule has 3 atom stereocenters. The highest BCUT2D eigenvalue weighted by molar-refractivity contribution is 7.92. The minimum atomic E-state index is -3.97. The number of nitrogens with one attached hydrogen (secondary N) is 1. The second-order valence-electron chi connectivity index (χ2n) is 10.6. The Labute approximate surface area is 247 Å². The largest absolute Gasteiger partial charge is 0.497 e. The summed E-state index contributed by atoms with van der Waals surface area (Å²) in [5.41, 5.74) is 0.998. The Morgan fingerprint density at radius 1 is 1.02 bits per heavy atom. The molecule has 3 aromatic carbocycles. The van der Waals surface area contributed by atoms with Gasteiger partial charge in [0, 0.05) is 57.2 Å². The van der Waals surface area contributed by atoms with Crippen LogP contribution < -0.4 is 14.2 Å². The molecular weight excluding hydrogens is 561 g/mol. The van der Waals surface area contributed by atoms with Gasteiger partial charge in [-0.05, 0) is 49.2 Å². The highest BCUT2D eigenvalue weighted by atomic mass is 32.2. The average molecular weight is 600 g/mol. The molecule has 0 fully saturated rings. The van der Waals surface area contributed by atoms with E-state index in [2.05, 4.69) is 9.62 Å². The zero-order chi connectivity index (χ0) is 30.4. The molecule has 1 amide bonds. The molecule has 0 spiro atoms. The van der Waals surface area contributed by atoms with Gasteiger partial charge in [-0.1, -0.05) is 31.2 Å². The quantitative estimate of drug-likeness (QED) is 0.423. The van der Waals surface area contributed by atoms with Crippen LogP contribution in [0.4, 0.5) is 10.1 Å². The number of rotatable bonds is 7. The number of likely N-dealkylation sites (N-methyl/N-ethyl adjacent to an activating group) is 1. The molecule has 0 bridgehead atoms. The minimum absolute atomic E-state index is 0.000576. The first-order valence-corrected chi connectivity index (χ1v) is 15.2. The highest BCUT2D eigenvalue weighted by Crippen LogP contribution is 2.28. The molecule has 42 heavy (non-hydrogen) atoms. The predicted molar refractivity (Wildman–Crippen MR) is 159 cm³/mol. The normalized spacial score (nSPS) is 20.6. The fourth-order valence-corrected chi connectivity index (χ4v) is 6.05. The molecule has 3 aromatic rings. The first kappa shape index (κ1) is 31.3. The fourth-order valence-electron chi connectivity index (χ4n) is 4.96.